The summed E-state index contributed by atoms with van der Waals surface area (Å²) in [5, 5.41) is 9.00. The molecule has 1 saturated heterocycles. The number of carbonyl (C=O) groups is 1. The van der Waals surface area contributed by atoms with Crippen molar-refractivity contribution in [3.63, 3.8) is 0 Å². The fourth-order valence-corrected chi connectivity index (χ4v) is 7.95. The summed E-state index contributed by atoms with van der Waals surface area (Å²) in [5.74, 6) is 0.179. The molecule has 2 aromatic carbocycles. The van der Waals surface area contributed by atoms with Crippen molar-refractivity contribution in [3.05, 3.63) is 91.7 Å². The molecule has 8 nitrogen and oxygen atoms in total. The predicted octanol–water partition coefficient (Wildman–Crippen LogP) is 7.44. The minimum atomic E-state index is -0.457. The van der Waals surface area contributed by atoms with Gasteiger partial charge in [-0.1, -0.05) is 66.2 Å². The molecule has 2 aliphatic rings. The first-order valence-electron chi connectivity index (χ1n) is 15.8. The Morgan fingerprint density at radius 1 is 1.02 bits per heavy atom. The molecular formula is C34H38Cl3N5O3. The van der Waals surface area contributed by atoms with Gasteiger partial charge in [0, 0.05) is 35.2 Å². The number of hydrogen-bond acceptors (Lipinski definition) is 6. The van der Waals surface area contributed by atoms with Crippen molar-refractivity contribution in [1.29, 1.82) is 0 Å². The number of fused-ring (bicyclic) bond motifs is 1. The lowest BCUT2D eigenvalue weighted by atomic mass is 9.63. The van der Waals surface area contributed by atoms with Gasteiger partial charge in [-0.15, -0.1) is 0 Å². The van der Waals surface area contributed by atoms with E-state index in [0.717, 1.165) is 56.9 Å². The third-order valence-corrected chi connectivity index (χ3v) is 10.5. The molecule has 45 heavy (non-hydrogen) atoms. The maximum atomic E-state index is 13.5. The monoisotopic (exact) mass is 669 g/mol. The molecule has 1 N–H and O–H groups in total. The van der Waals surface area contributed by atoms with Crippen molar-refractivity contribution in [2.24, 2.45) is 11.3 Å². The van der Waals surface area contributed by atoms with Crippen LogP contribution in [0.2, 0.25) is 15.1 Å². The number of hydrogen-bond donors (Lipinski definition) is 1. The SMILES string of the molecule is O=C(N[C@H](CCN1CCC(Cn2cncn2)(C2CCCCC2)CC1)Cc1ccc(Cl)cc1)c1cc(=O)c2cc(Cl)cc(Cl)c2o1. The first-order valence-corrected chi connectivity index (χ1v) is 16.9. The highest BCUT2D eigenvalue weighted by Crippen LogP contribution is 2.47. The van der Waals surface area contributed by atoms with Crippen LogP contribution in [0.4, 0.5) is 0 Å². The Morgan fingerprint density at radius 3 is 2.49 bits per heavy atom. The van der Waals surface area contributed by atoms with Gasteiger partial charge in [0.25, 0.3) is 5.91 Å². The second-order valence-corrected chi connectivity index (χ2v) is 13.9. The number of benzene rings is 2. The highest BCUT2D eigenvalue weighted by Gasteiger charge is 2.42. The average molecular weight is 671 g/mol. The topological polar surface area (TPSA) is 93.3 Å². The number of carbonyl (C=O) groups excluding carboxylic acids is 1. The first-order chi connectivity index (χ1) is 21.8. The zero-order valence-electron chi connectivity index (χ0n) is 25.2. The minimum absolute atomic E-state index is 0.0822. The largest absolute Gasteiger partial charge is 0.449 e. The molecule has 1 aliphatic carbocycles. The van der Waals surface area contributed by atoms with Gasteiger partial charge in [-0.3, -0.25) is 14.3 Å². The fourth-order valence-electron chi connectivity index (χ4n) is 7.29. The normalized spacial score (nSPS) is 18.2. The molecule has 1 saturated carbocycles. The molecule has 4 aromatic rings. The highest BCUT2D eigenvalue weighted by atomic mass is 35.5. The first kappa shape index (κ1) is 32.0. The molecule has 238 valence electrons. The highest BCUT2D eigenvalue weighted by molar-refractivity contribution is 6.38. The number of nitrogens with one attached hydrogen (secondary N) is 1. The van der Waals surface area contributed by atoms with Crippen LogP contribution in [0.1, 0.15) is 67.5 Å². The van der Waals surface area contributed by atoms with Gasteiger partial charge in [0.05, 0.1) is 10.4 Å². The Bertz CT molecular complexity index is 1660. The van der Waals surface area contributed by atoms with E-state index in [-0.39, 0.29) is 38.6 Å². The molecule has 2 fully saturated rings. The van der Waals surface area contributed by atoms with Crippen molar-refractivity contribution < 1.29 is 9.21 Å². The fraction of sp³-hybridized carbons (Fsp3) is 0.471. The van der Waals surface area contributed by atoms with Crippen LogP contribution in [0.3, 0.4) is 0 Å². The van der Waals surface area contributed by atoms with Gasteiger partial charge >= 0.3 is 0 Å². The van der Waals surface area contributed by atoms with E-state index < -0.39 is 5.91 Å². The molecule has 1 aliphatic heterocycles. The van der Waals surface area contributed by atoms with Gasteiger partial charge in [-0.05, 0) is 92.8 Å². The maximum absolute atomic E-state index is 13.5. The summed E-state index contributed by atoms with van der Waals surface area (Å²) in [5.41, 5.74) is 1.07. The van der Waals surface area contributed by atoms with E-state index in [4.69, 9.17) is 39.2 Å². The lowest BCUT2D eigenvalue weighted by molar-refractivity contribution is 0.0104. The van der Waals surface area contributed by atoms with Crippen LogP contribution in [0.15, 0.2) is 64.3 Å². The van der Waals surface area contributed by atoms with Gasteiger partial charge in [-0.2, -0.15) is 5.10 Å². The number of rotatable bonds is 10. The lowest BCUT2D eigenvalue weighted by Gasteiger charge is -2.48. The van der Waals surface area contributed by atoms with Crippen molar-refractivity contribution in [1.82, 2.24) is 25.0 Å². The van der Waals surface area contributed by atoms with Gasteiger partial charge < -0.3 is 14.6 Å². The lowest BCUT2D eigenvalue weighted by Crippen LogP contribution is -2.48. The summed E-state index contributed by atoms with van der Waals surface area (Å²) in [7, 11) is 0. The summed E-state index contributed by atoms with van der Waals surface area (Å²) < 4.78 is 7.86. The zero-order valence-corrected chi connectivity index (χ0v) is 27.5. The van der Waals surface area contributed by atoms with Crippen LogP contribution >= 0.6 is 34.8 Å². The molecule has 1 atom stereocenters. The number of likely N-dealkylation sites (tertiary alicyclic amines) is 1. The molecule has 3 heterocycles. The summed E-state index contributed by atoms with van der Waals surface area (Å²) in [6.45, 7) is 3.78. The second-order valence-electron chi connectivity index (χ2n) is 12.7. The van der Waals surface area contributed by atoms with Gasteiger partial charge in [0.1, 0.15) is 12.7 Å². The van der Waals surface area contributed by atoms with E-state index in [0.29, 0.717) is 16.5 Å². The molecule has 6 rings (SSSR count). The molecule has 0 unspecified atom stereocenters. The predicted molar refractivity (Wildman–Crippen MR) is 178 cm³/mol. The quantitative estimate of drug-likeness (QED) is 0.189. The Kier molecular flexibility index (Phi) is 10.1. The molecule has 0 spiro atoms. The van der Waals surface area contributed by atoms with Crippen molar-refractivity contribution >= 4 is 51.7 Å². The van der Waals surface area contributed by atoms with Gasteiger partial charge in [0.15, 0.2) is 16.8 Å². The van der Waals surface area contributed by atoms with E-state index in [1.54, 1.807) is 6.33 Å². The minimum Gasteiger partial charge on any atom is -0.449 e. The zero-order chi connectivity index (χ0) is 31.4. The second kappa shape index (κ2) is 14.2. The molecular weight excluding hydrogens is 633 g/mol. The molecule has 1 amide bonds. The van der Waals surface area contributed by atoms with Crippen LogP contribution in [0.25, 0.3) is 11.0 Å². The number of piperidine rings is 1. The van der Waals surface area contributed by atoms with E-state index in [1.165, 1.54) is 50.3 Å². The number of halogens is 3. The van der Waals surface area contributed by atoms with Crippen LogP contribution in [-0.4, -0.2) is 51.2 Å². The smallest absolute Gasteiger partial charge is 0.287 e. The van der Waals surface area contributed by atoms with E-state index in [1.807, 2.05) is 35.3 Å². The van der Waals surface area contributed by atoms with E-state index in [2.05, 4.69) is 20.3 Å². The average Bonchev–Trinajstić information content (AvgIpc) is 3.55. The maximum Gasteiger partial charge on any atom is 0.287 e. The number of amides is 1. The van der Waals surface area contributed by atoms with Crippen molar-refractivity contribution in [2.75, 3.05) is 19.6 Å². The summed E-state index contributed by atoms with van der Waals surface area (Å²) in [6.07, 6.45) is 13.6. The van der Waals surface area contributed by atoms with Crippen molar-refractivity contribution in [2.45, 2.75) is 70.4 Å². The third kappa shape index (κ3) is 7.74. The van der Waals surface area contributed by atoms with Gasteiger partial charge in [0.2, 0.25) is 0 Å². The van der Waals surface area contributed by atoms with Crippen LogP contribution in [0.5, 0.6) is 0 Å². The number of aromatic nitrogens is 3. The third-order valence-electron chi connectivity index (χ3n) is 9.76. The molecule has 2 aromatic heterocycles. The molecule has 11 heteroatoms. The van der Waals surface area contributed by atoms with Crippen LogP contribution < -0.4 is 10.7 Å². The van der Waals surface area contributed by atoms with E-state index in [9.17, 15) is 9.59 Å². The Balaban J connectivity index is 1.15. The number of nitrogens with zero attached hydrogens (tertiary/aromatic N) is 4. The molecule has 0 radical (unpaired) electrons. The standard InChI is InChI=1S/C34H38Cl3N5O3/c35-25-8-6-23(7-9-25)16-27(40-33(44)31-19-30(43)28-17-26(36)18-29(37)32(28)45-31)10-13-41-14-11-34(12-15-41,20-42-22-38-21-39-42)24-4-2-1-3-5-24/h6-9,17-19,21-22,24,27H,1-5,10-16,20H2,(H,40,44)/t27-/m1/s1. The molecule has 0 bridgehead atoms. The van der Waals surface area contributed by atoms with Crippen LogP contribution in [0, 0.1) is 11.3 Å². The summed E-state index contributed by atoms with van der Waals surface area (Å²) >= 11 is 18.5. The Morgan fingerprint density at radius 2 is 1.78 bits per heavy atom. The summed E-state index contributed by atoms with van der Waals surface area (Å²) in [6, 6.07) is 11.7. The Labute approximate surface area is 278 Å². The summed E-state index contributed by atoms with van der Waals surface area (Å²) in [4.78, 5) is 33.0. The van der Waals surface area contributed by atoms with Gasteiger partial charge in [-0.25, -0.2) is 4.98 Å². The Hall–Kier alpha value is -2.91. The van der Waals surface area contributed by atoms with Crippen LogP contribution in [-0.2, 0) is 13.0 Å². The van der Waals surface area contributed by atoms with E-state index >= 15 is 0 Å². The van der Waals surface area contributed by atoms with Crippen molar-refractivity contribution in [3.8, 4) is 0 Å².